The van der Waals surface area contributed by atoms with Gasteiger partial charge in [-0.25, -0.2) is 9.78 Å². The van der Waals surface area contributed by atoms with Gasteiger partial charge in [0.25, 0.3) is 0 Å². The van der Waals surface area contributed by atoms with Crippen molar-refractivity contribution in [1.82, 2.24) is 14.8 Å². The predicted molar refractivity (Wildman–Crippen MR) is 85.6 cm³/mol. The van der Waals surface area contributed by atoms with E-state index in [0.29, 0.717) is 11.7 Å². The topological polar surface area (TPSA) is 48.5 Å². The largest absolute Gasteiger partial charge is 0.324 e. The van der Waals surface area contributed by atoms with Crippen molar-refractivity contribution in [3.8, 4) is 0 Å². The van der Waals surface area contributed by atoms with E-state index in [1.54, 1.807) is 0 Å². The zero-order chi connectivity index (χ0) is 15.6. The summed E-state index contributed by atoms with van der Waals surface area (Å²) < 4.78 is 0. The summed E-state index contributed by atoms with van der Waals surface area (Å²) in [6, 6.07) is 4.11. The second-order valence-electron chi connectivity index (χ2n) is 6.31. The monoisotopic (exact) mass is 290 g/mol. The molecule has 0 radical (unpaired) electrons. The number of piperidine rings is 1. The molecule has 0 spiro atoms. The van der Waals surface area contributed by atoms with E-state index in [1.165, 1.54) is 0 Å². The minimum absolute atomic E-state index is 0.0751. The number of aromatic nitrogens is 1. The summed E-state index contributed by atoms with van der Waals surface area (Å²) in [5.74, 6) is 1.11. The van der Waals surface area contributed by atoms with E-state index in [2.05, 4.69) is 29.2 Å². The molecule has 1 aliphatic heterocycles. The number of urea groups is 1. The van der Waals surface area contributed by atoms with Crippen molar-refractivity contribution in [2.24, 2.45) is 5.92 Å². The fourth-order valence-corrected chi connectivity index (χ4v) is 3.17. The molecule has 2 heterocycles. The molecule has 1 N–H and O–H groups in total. The summed E-state index contributed by atoms with van der Waals surface area (Å²) in [6.07, 6.45) is 1.02. The number of rotatable bonds is 2. The third-order valence-corrected chi connectivity index (χ3v) is 4.21. The fraction of sp³-hybridized carbons (Fsp3) is 0.625. The van der Waals surface area contributed by atoms with E-state index in [1.807, 2.05) is 37.9 Å². The molecule has 2 amide bonds. The van der Waals surface area contributed by atoms with E-state index < -0.39 is 0 Å². The van der Waals surface area contributed by atoms with E-state index in [9.17, 15) is 4.79 Å². The number of nitrogens with one attached hydrogen (secondary N) is 1. The lowest BCUT2D eigenvalue weighted by Crippen LogP contribution is -2.50. The van der Waals surface area contributed by atoms with Gasteiger partial charge in [-0.3, -0.25) is 5.32 Å². The summed E-state index contributed by atoms with van der Waals surface area (Å²) in [5, 5.41) is 2.91. The molecule has 0 saturated carbocycles. The lowest BCUT2D eigenvalue weighted by molar-refractivity contribution is 0.113. The summed E-state index contributed by atoms with van der Waals surface area (Å²) in [6.45, 7) is 8.22. The average molecular weight is 290 g/mol. The molecule has 5 nitrogen and oxygen atoms in total. The molecular formula is C16H26N4O. The molecule has 1 fully saturated rings. The highest BCUT2D eigenvalue weighted by Crippen LogP contribution is 2.21. The SMILES string of the molecule is Cc1cc(C)nc(NC(=O)N(C)C2CCN(C)CC2C)c1. The maximum Gasteiger partial charge on any atom is 0.323 e. The molecule has 1 aliphatic rings. The van der Waals surface area contributed by atoms with E-state index >= 15 is 0 Å². The Hall–Kier alpha value is -1.62. The second-order valence-corrected chi connectivity index (χ2v) is 6.31. The normalized spacial score (nSPS) is 22.9. The molecule has 2 unspecified atom stereocenters. The van der Waals surface area contributed by atoms with Gasteiger partial charge >= 0.3 is 6.03 Å². The summed E-state index contributed by atoms with van der Waals surface area (Å²) >= 11 is 0. The van der Waals surface area contributed by atoms with Crippen LogP contribution in [-0.2, 0) is 0 Å². The Morgan fingerprint density at radius 2 is 2.14 bits per heavy atom. The van der Waals surface area contributed by atoms with Crippen molar-refractivity contribution in [1.29, 1.82) is 0 Å². The number of amides is 2. The highest BCUT2D eigenvalue weighted by Gasteiger charge is 2.30. The van der Waals surface area contributed by atoms with Gasteiger partial charge in [-0.15, -0.1) is 0 Å². The molecule has 1 aromatic heterocycles. The number of aryl methyl sites for hydroxylation is 2. The zero-order valence-corrected chi connectivity index (χ0v) is 13.7. The van der Waals surface area contributed by atoms with E-state index in [4.69, 9.17) is 0 Å². The molecular weight excluding hydrogens is 264 g/mol. The van der Waals surface area contributed by atoms with Gasteiger partial charge in [0.15, 0.2) is 0 Å². The van der Waals surface area contributed by atoms with Gasteiger partial charge in [-0.1, -0.05) is 6.92 Å². The second kappa shape index (κ2) is 6.43. The van der Waals surface area contributed by atoms with Gasteiger partial charge in [-0.2, -0.15) is 0 Å². The number of anilines is 1. The highest BCUT2D eigenvalue weighted by atomic mass is 16.2. The lowest BCUT2D eigenvalue weighted by atomic mass is 9.93. The van der Waals surface area contributed by atoms with Crippen molar-refractivity contribution in [2.45, 2.75) is 33.2 Å². The van der Waals surface area contributed by atoms with Gasteiger partial charge in [0.2, 0.25) is 0 Å². The van der Waals surface area contributed by atoms with Gasteiger partial charge < -0.3 is 9.80 Å². The molecule has 2 rings (SSSR count). The van der Waals surface area contributed by atoms with Gasteiger partial charge in [0, 0.05) is 25.3 Å². The first-order valence-corrected chi connectivity index (χ1v) is 7.54. The minimum atomic E-state index is -0.0751. The molecule has 116 valence electrons. The van der Waals surface area contributed by atoms with Crippen LogP contribution < -0.4 is 5.32 Å². The van der Waals surface area contributed by atoms with Crippen LogP contribution in [-0.4, -0.2) is 54.0 Å². The summed E-state index contributed by atoms with van der Waals surface area (Å²) in [5.41, 5.74) is 2.02. The third-order valence-electron chi connectivity index (χ3n) is 4.21. The number of pyridine rings is 1. The number of carbonyl (C=O) groups is 1. The molecule has 1 saturated heterocycles. The zero-order valence-electron chi connectivity index (χ0n) is 13.7. The molecule has 0 aliphatic carbocycles. The van der Waals surface area contributed by atoms with Crippen LogP contribution in [0.25, 0.3) is 0 Å². The summed E-state index contributed by atoms with van der Waals surface area (Å²) in [4.78, 5) is 20.9. The Kier molecular flexibility index (Phi) is 4.83. The molecule has 5 heteroatoms. The quantitative estimate of drug-likeness (QED) is 0.910. The van der Waals surface area contributed by atoms with Crippen LogP contribution in [0.1, 0.15) is 24.6 Å². The van der Waals surface area contributed by atoms with Crippen LogP contribution in [0.2, 0.25) is 0 Å². The molecule has 0 aromatic carbocycles. The lowest BCUT2D eigenvalue weighted by Gasteiger charge is -2.39. The Morgan fingerprint density at radius 3 is 2.76 bits per heavy atom. The van der Waals surface area contributed by atoms with Crippen LogP contribution in [0.4, 0.5) is 10.6 Å². The van der Waals surface area contributed by atoms with Gasteiger partial charge in [0.1, 0.15) is 5.82 Å². The molecule has 2 atom stereocenters. The molecule has 21 heavy (non-hydrogen) atoms. The third kappa shape index (κ3) is 3.94. The van der Waals surface area contributed by atoms with Crippen molar-refractivity contribution in [3.63, 3.8) is 0 Å². The van der Waals surface area contributed by atoms with Crippen molar-refractivity contribution in [3.05, 3.63) is 23.4 Å². The van der Waals surface area contributed by atoms with E-state index in [0.717, 1.165) is 30.8 Å². The number of nitrogens with zero attached hydrogens (tertiary/aromatic N) is 3. The molecule has 0 bridgehead atoms. The highest BCUT2D eigenvalue weighted by molar-refractivity contribution is 5.88. The van der Waals surface area contributed by atoms with Crippen LogP contribution in [0, 0.1) is 19.8 Å². The predicted octanol–water partition coefficient (Wildman–Crippen LogP) is 2.50. The smallest absolute Gasteiger partial charge is 0.323 e. The first-order valence-electron chi connectivity index (χ1n) is 7.54. The first kappa shape index (κ1) is 15.8. The summed E-state index contributed by atoms with van der Waals surface area (Å²) in [7, 11) is 4.01. The van der Waals surface area contributed by atoms with Crippen LogP contribution >= 0.6 is 0 Å². The Balaban J connectivity index is 2.02. The van der Waals surface area contributed by atoms with Gasteiger partial charge in [-0.05, 0) is 57.5 Å². The van der Waals surface area contributed by atoms with Crippen LogP contribution in [0.15, 0.2) is 12.1 Å². The fourth-order valence-electron chi connectivity index (χ4n) is 3.17. The standard InChI is InChI=1S/C16H26N4O/c1-11-8-13(3)17-15(9-11)18-16(21)20(5)14-6-7-19(4)10-12(14)2/h8-9,12,14H,6-7,10H2,1-5H3,(H,17,18,21). The minimum Gasteiger partial charge on any atom is -0.324 e. The van der Waals surface area contributed by atoms with Crippen molar-refractivity contribution >= 4 is 11.8 Å². The number of likely N-dealkylation sites (tertiary alicyclic amines) is 1. The van der Waals surface area contributed by atoms with Crippen molar-refractivity contribution in [2.75, 3.05) is 32.5 Å². The number of carbonyl (C=O) groups excluding carboxylic acids is 1. The number of hydrogen-bond acceptors (Lipinski definition) is 3. The molecule has 1 aromatic rings. The Labute approximate surface area is 127 Å². The maximum absolute atomic E-state index is 12.4. The average Bonchev–Trinajstić information content (AvgIpc) is 2.36. The number of hydrogen-bond donors (Lipinski definition) is 1. The Bertz CT molecular complexity index is 497. The first-order chi connectivity index (χ1) is 9.86. The maximum atomic E-state index is 12.4. The van der Waals surface area contributed by atoms with Crippen LogP contribution in [0.3, 0.4) is 0 Å². The van der Waals surface area contributed by atoms with E-state index in [-0.39, 0.29) is 12.1 Å². The Morgan fingerprint density at radius 1 is 1.43 bits per heavy atom. The van der Waals surface area contributed by atoms with Crippen LogP contribution in [0.5, 0.6) is 0 Å². The van der Waals surface area contributed by atoms with Gasteiger partial charge in [0.05, 0.1) is 0 Å². The van der Waals surface area contributed by atoms with Crippen molar-refractivity contribution < 1.29 is 4.79 Å².